The molecule has 1 aromatic carbocycles. The Morgan fingerprint density at radius 1 is 1.16 bits per heavy atom. The van der Waals surface area contributed by atoms with Crippen LogP contribution in [0, 0.1) is 0 Å². The number of nitrogens with zero attached hydrogens (tertiary/aromatic N) is 4. The summed E-state index contributed by atoms with van der Waals surface area (Å²) in [5.41, 5.74) is 2.72. The second-order valence-corrected chi connectivity index (χ2v) is 8.10. The number of aromatic carboxylic acids is 1. The van der Waals surface area contributed by atoms with Crippen molar-refractivity contribution < 1.29 is 48.7 Å². The third kappa shape index (κ3) is 5.59. The van der Waals surface area contributed by atoms with Crippen molar-refractivity contribution in [1.29, 1.82) is 0 Å². The summed E-state index contributed by atoms with van der Waals surface area (Å²) < 4.78 is 26.4. The number of fused-ring (bicyclic) bond motifs is 1. The van der Waals surface area contributed by atoms with E-state index in [1.165, 1.54) is 24.3 Å². The monoisotopic (exact) mass is 541 g/mol. The Hall–Kier alpha value is -3.92. The van der Waals surface area contributed by atoms with E-state index in [1.54, 1.807) is 0 Å². The highest BCUT2D eigenvalue weighted by Crippen LogP contribution is 2.27. The van der Waals surface area contributed by atoms with E-state index in [9.17, 15) is 29.7 Å². The number of anilines is 1. The van der Waals surface area contributed by atoms with Gasteiger partial charge in [0.05, 0.1) is 18.5 Å². The Labute approximate surface area is 212 Å². The molecule has 14 nitrogen and oxygen atoms in total. The number of imidazole rings is 1. The number of hydrogen-bond donors (Lipinski definition) is 5. The van der Waals surface area contributed by atoms with Gasteiger partial charge in [-0.1, -0.05) is 12.1 Å². The number of nitrogens with two attached hydrogens (primary N) is 1. The molecule has 0 radical (unpaired) electrons. The molecule has 3 aromatic rings. The van der Waals surface area contributed by atoms with Gasteiger partial charge < -0.3 is 35.6 Å². The van der Waals surface area contributed by atoms with E-state index in [-0.39, 0.29) is 33.4 Å². The van der Waals surface area contributed by atoms with E-state index in [2.05, 4.69) is 15.0 Å². The molecule has 2 heterocycles. The first-order valence-electron chi connectivity index (χ1n) is 10.3. The van der Waals surface area contributed by atoms with Gasteiger partial charge in [0, 0.05) is 13.5 Å². The molecule has 0 aliphatic rings. The van der Waals surface area contributed by atoms with Gasteiger partial charge in [0.2, 0.25) is 11.6 Å². The number of aliphatic hydroxyl groups excluding tert-OH is 1. The zero-order valence-electron chi connectivity index (χ0n) is 19.0. The Balaban J connectivity index is 1.84. The van der Waals surface area contributed by atoms with Gasteiger partial charge in [0.1, 0.15) is 17.7 Å². The Bertz CT molecular complexity index is 1310. The van der Waals surface area contributed by atoms with E-state index >= 15 is 4.39 Å². The highest BCUT2D eigenvalue weighted by Gasteiger charge is 2.49. The number of carboxylic acids is 3. The third-order valence-corrected chi connectivity index (χ3v) is 5.66. The second kappa shape index (κ2) is 11.0. The van der Waals surface area contributed by atoms with Gasteiger partial charge in [-0.15, -0.1) is 0 Å². The summed E-state index contributed by atoms with van der Waals surface area (Å²) in [6.07, 6.45) is -5.60. The minimum Gasteiger partial charge on any atom is -0.479 e. The van der Waals surface area contributed by atoms with E-state index in [4.69, 9.17) is 31.9 Å². The molecule has 2 aromatic heterocycles. The largest absolute Gasteiger partial charge is 0.479 e. The molecule has 3 atom stereocenters. The maximum atomic E-state index is 15.3. The summed E-state index contributed by atoms with van der Waals surface area (Å²) in [4.78, 5) is 46.5. The zero-order chi connectivity index (χ0) is 27.5. The van der Waals surface area contributed by atoms with Crippen LogP contribution < -0.4 is 5.73 Å². The fourth-order valence-electron chi connectivity index (χ4n) is 3.43. The van der Waals surface area contributed by atoms with Crippen LogP contribution in [0.15, 0.2) is 30.6 Å². The lowest BCUT2D eigenvalue weighted by Gasteiger charge is -2.30. The molecular formula is C21H21ClFN5O9. The maximum absolute atomic E-state index is 15.3. The van der Waals surface area contributed by atoms with Gasteiger partial charge in [0.25, 0.3) is 5.60 Å². The summed E-state index contributed by atoms with van der Waals surface area (Å²) >= 11 is 5.76. The van der Waals surface area contributed by atoms with E-state index in [0.29, 0.717) is 0 Å². The van der Waals surface area contributed by atoms with Crippen molar-refractivity contribution in [2.75, 3.05) is 19.5 Å². The van der Waals surface area contributed by atoms with Crippen LogP contribution in [-0.4, -0.2) is 89.4 Å². The molecule has 0 unspecified atom stereocenters. The molecule has 37 heavy (non-hydrogen) atoms. The number of benzene rings is 1. The van der Waals surface area contributed by atoms with Gasteiger partial charge in [0.15, 0.2) is 11.5 Å². The van der Waals surface area contributed by atoms with Crippen LogP contribution in [0.3, 0.4) is 0 Å². The number of hydrogen-bond acceptors (Lipinski definition) is 10. The van der Waals surface area contributed by atoms with E-state index in [0.717, 1.165) is 18.0 Å². The smallest absolute Gasteiger partial charge is 0.348 e. The van der Waals surface area contributed by atoms with Crippen molar-refractivity contribution in [2.45, 2.75) is 30.5 Å². The van der Waals surface area contributed by atoms with Gasteiger partial charge in [-0.3, -0.25) is 4.57 Å². The SMILES string of the molecule is CO[C@H](COC(Cc1ccc(C(=O)O)cc1)(C(=O)O)C(=O)O)[C@H](O)[C@H](F)n1cnc2c(N)nc(Cl)nc21. The number of rotatable bonds is 12. The van der Waals surface area contributed by atoms with E-state index < -0.39 is 55.0 Å². The first kappa shape index (κ1) is 27.7. The number of halogens is 2. The number of methoxy groups -OCH3 is 1. The van der Waals surface area contributed by atoms with Gasteiger partial charge in [-0.2, -0.15) is 9.97 Å². The molecule has 0 saturated carbocycles. The molecule has 0 fully saturated rings. The molecule has 198 valence electrons. The van der Waals surface area contributed by atoms with Crippen molar-refractivity contribution in [3.05, 3.63) is 47.0 Å². The summed E-state index contributed by atoms with van der Waals surface area (Å²) in [7, 11) is 1.07. The van der Waals surface area contributed by atoms with Crippen LogP contribution >= 0.6 is 11.6 Å². The first-order valence-corrected chi connectivity index (χ1v) is 10.7. The quantitative estimate of drug-likeness (QED) is 0.158. The van der Waals surface area contributed by atoms with Gasteiger partial charge in [-0.05, 0) is 29.3 Å². The van der Waals surface area contributed by atoms with Gasteiger partial charge >= 0.3 is 17.9 Å². The number of aliphatic carboxylic acids is 2. The average molecular weight is 542 g/mol. The summed E-state index contributed by atoms with van der Waals surface area (Å²) in [6.45, 7) is -0.867. The molecule has 0 bridgehead atoms. The molecule has 6 N–H and O–H groups in total. The number of aliphatic hydroxyl groups is 1. The number of alkyl halides is 1. The molecule has 0 aliphatic heterocycles. The highest BCUT2D eigenvalue weighted by atomic mass is 35.5. The molecule has 3 rings (SSSR count). The average Bonchev–Trinajstić information content (AvgIpc) is 3.27. The summed E-state index contributed by atoms with van der Waals surface area (Å²) in [6, 6.07) is 4.80. The second-order valence-electron chi connectivity index (χ2n) is 7.77. The fourth-order valence-corrected chi connectivity index (χ4v) is 3.60. The summed E-state index contributed by atoms with van der Waals surface area (Å²) in [5, 5.41) is 38.8. The molecule has 0 aliphatic carbocycles. The van der Waals surface area contributed by atoms with E-state index in [1.807, 2.05) is 0 Å². The Morgan fingerprint density at radius 3 is 2.32 bits per heavy atom. The van der Waals surface area contributed by atoms with Crippen LogP contribution in [0.25, 0.3) is 11.2 Å². The van der Waals surface area contributed by atoms with Crippen LogP contribution in [0.4, 0.5) is 10.2 Å². The van der Waals surface area contributed by atoms with Crippen LogP contribution in [0.2, 0.25) is 5.28 Å². The van der Waals surface area contributed by atoms with Crippen molar-refractivity contribution >= 4 is 46.5 Å². The number of nitrogen functional groups attached to an aromatic ring is 1. The lowest BCUT2D eigenvalue weighted by Crippen LogP contribution is -2.53. The van der Waals surface area contributed by atoms with Crippen LogP contribution in [0.1, 0.15) is 22.2 Å². The molecular weight excluding hydrogens is 521 g/mol. The Kier molecular flexibility index (Phi) is 8.22. The summed E-state index contributed by atoms with van der Waals surface area (Å²) in [5.74, 6) is -5.13. The number of carboxylic acid groups (broad SMARTS) is 3. The van der Waals surface area contributed by atoms with Crippen molar-refractivity contribution in [2.24, 2.45) is 0 Å². The minimum atomic E-state index is -2.87. The predicted octanol–water partition coefficient (Wildman–Crippen LogP) is 0.771. The predicted molar refractivity (Wildman–Crippen MR) is 123 cm³/mol. The number of aromatic nitrogens is 4. The van der Waals surface area contributed by atoms with Gasteiger partial charge in [-0.25, -0.2) is 23.8 Å². The number of ether oxygens (including phenoxy) is 2. The van der Waals surface area contributed by atoms with Crippen LogP contribution in [0.5, 0.6) is 0 Å². The lowest BCUT2D eigenvalue weighted by molar-refractivity contribution is -0.192. The molecule has 0 spiro atoms. The number of carbonyl (C=O) groups is 3. The van der Waals surface area contributed by atoms with Crippen LogP contribution in [-0.2, 0) is 25.5 Å². The third-order valence-electron chi connectivity index (χ3n) is 5.49. The first-order chi connectivity index (χ1) is 17.4. The van der Waals surface area contributed by atoms with Crippen molar-refractivity contribution in [1.82, 2.24) is 19.5 Å². The van der Waals surface area contributed by atoms with Crippen molar-refractivity contribution in [3.63, 3.8) is 0 Å². The molecule has 0 saturated heterocycles. The minimum absolute atomic E-state index is 0.00848. The molecule has 16 heteroatoms. The normalized spacial score (nSPS) is 14.3. The fraction of sp³-hybridized carbons (Fsp3) is 0.333. The topological polar surface area (TPSA) is 220 Å². The lowest BCUT2D eigenvalue weighted by atomic mass is 9.93. The zero-order valence-corrected chi connectivity index (χ0v) is 19.7. The molecule has 0 amide bonds. The van der Waals surface area contributed by atoms with Crippen molar-refractivity contribution in [3.8, 4) is 0 Å². The standard InChI is InChI=1S/C21H21ClFN5O9/c1-36-11(13(29)14(23)28-8-25-12-15(24)26-20(22)27-16(12)28)7-37-21(18(32)33,19(34)35)6-9-2-4-10(5-3-9)17(30)31/h2-5,8,11,13-14,29H,6-7H2,1H3,(H,30,31)(H,32,33)(H,34,35)(H2,24,26,27)/t11-,13+,14-/m1/s1. The maximum Gasteiger partial charge on any atom is 0.348 e. The Morgan fingerprint density at radius 2 is 1.78 bits per heavy atom. The highest BCUT2D eigenvalue weighted by molar-refractivity contribution is 6.28.